The van der Waals surface area contributed by atoms with Gasteiger partial charge in [0.25, 0.3) is 0 Å². The van der Waals surface area contributed by atoms with Gasteiger partial charge in [-0.25, -0.2) is 0 Å². The first kappa shape index (κ1) is 20.3. The van der Waals surface area contributed by atoms with Crippen LogP contribution in [-0.4, -0.2) is 81.1 Å². The SMILES string of the molecule is C#CCN(CCCCCC)CC(O)C(O)C(O)C(O)CO. The molecule has 0 aromatic heterocycles. The summed E-state index contributed by atoms with van der Waals surface area (Å²) in [7, 11) is 0. The molecule has 0 spiro atoms. The Bertz CT molecular complexity index is 294. The van der Waals surface area contributed by atoms with Gasteiger partial charge in [0.15, 0.2) is 0 Å². The molecule has 4 unspecified atom stereocenters. The molecule has 0 aliphatic heterocycles. The van der Waals surface area contributed by atoms with Gasteiger partial charge in [0.05, 0.1) is 19.3 Å². The third-order valence-corrected chi connectivity index (χ3v) is 3.41. The van der Waals surface area contributed by atoms with E-state index < -0.39 is 31.0 Å². The molecule has 6 heteroatoms. The molecule has 124 valence electrons. The number of hydrogen-bond acceptors (Lipinski definition) is 6. The zero-order valence-corrected chi connectivity index (χ0v) is 12.7. The van der Waals surface area contributed by atoms with Crippen molar-refractivity contribution in [3.63, 3.8) is 0 Å². The quantitative estimate of drug-likeness (QED) is 0.232. The van der Waals surface area contributed by atoms with Crippen LogP contribution in [0, 0.1) is 12.3 Å². The first-order valence-electron chi connectivity index (χ1n) is 7.46. The fourth-order valence-electron chi connectivity index (χ4n) is 2.06. The first-order valence-corrected chi connectivity index (χ1v) is 7.46. The van der Waals surface area contributed by atoms with E-state index in [2.05, 4.69) is 12.8 Å². The highest BCUT2D eigenvalue weighted by atomic mass is 16.4. The van der Waals surface area contributed by atoms with E-state index in [1.54, 1.807) is 0 Å². The maximum Gasteiger partial charge on any atom is 0.111 e. The maximum atomic E-state index is 9.92. The normalized spacial score (nSPS) is 17.2. The Labute approximate surface area is 127 Å². The zero-order valence-electron chi connectivity index (χ0n) is 12.7. The lowest BCUT2D eigenvalue weighted by Crippen LogP contribution is -2.49. The van der Waals surface area contributed by atoms with E-state index in [1.807, 2.05) is 4.90 Å². The zero-order chi connectivity index (χ0) is 16.3. The van der Waals surface area contributed by atoms with Crippen molar-refractivity contribution in [2.45, 2.75) is 57.0 Å². The summed E-state index contributed by atoms with van der Waals surface area (Å²) in [6.07, 6.45) is 3.69. The van der Waals surface area contributed by atoms with E-state index in [4.69, 9.17) is 11.5 Å². The van der Waals surface area contributed by atoms with Crippen LogP contribution in [0.1, 0.15) is 32.6 Å². The molecule has 0 aliphatic rings. The molecule has 0 bridgehead atoms. The molecule has 5 N–H and O–H groups in total. The lowest BCUT2D eigenvalue weighted by molar-refractivity contribution is -0.119. The second-order valence-electron chi connectivity index (χ2n) is 5.30. The number of nitrogens with zero attached hydrogens (tertiary/aromatic N) is 1. The maximum absolute atomic E-state index is 9.92. The summed E-state index contributed by atoms with van der Waals surface area (Å²) in [5, 5.41) is 47.2. The standard InChI is InChI=1S/C15H29NO5/c1-3-5-6-7-9-16(8-4-2)10-12(18)14(20)15(21)13(19)11-17/h2,12-15,17-21H,3,5-11H2,1H3. The second kappa shape index (κ2) is 11.9. The summed E-state index contributed by atoms with van der Waals surface area (Å²) < 4.78 is 0. The van der Waals surface area contributed by atoms with Crippen molar-refractivity contribution in [1.82, 2.24) is 4.90 Å². The van der Waals surface area contributed by atoms with Gasteiger partial charge >= 0.3 is 0 Å². The summed E-state index contributed by atoms with van der Waals surface area (Å²) in [4.78, 5) is 1.82. The van der Waals surface area contributed by atoms with E-state index in [0.717, 1.165) is 25.7 Å². The third-order valence-electron chi connectivity index (χ3n) is 3.41. The van der Waals surface area contributed by atoms with Crippen molar-refractivity contribution in [3.05, 3.63) is 0 Å². The van der Waals surface area contributed by atoms with Crippen molar-refractivity contribution < 1.29 is 25.5 Å². The van der Waals surface area contributed by atoms with Crippen LogP contribution < -0.4 is 0 Å². The van der Waals surface area contributed by atoms with Crippen LogP contribution in [0.5, 0.6) is 0 Å². The van der Waals surface area contributed by atoms with Gasteiger partial charge in [-0.15, -0.1) is 6.42 Å². The van der Waals surface area contributed by atoms with Crippen LogP contribution in [0.25, 0.3) is 0 Å². The van der Waals surface area contributed by atoms with Crippen LogP contribution in [0.2, 0.25) is 0 Å². The number of unbranched alkanes of at least 4 members (excludes halogenated alkanes) is 3. The van der Waals surface area contributed by atoms with E-state index in [-0.39, 0.29) is 6.54 Å². The van der Waals surface area contributed by atoms with Crippen molar-refractivity contribution in [2.24, 2.45) is 0 Å². The Hall–Kier alpha value is -0.680. The molecule has 0 amide bonds. The highest BCUT2D eigenvalue weighted by Crippen LogP contribution is 2.08. The molecule has 0 aromatic carbocycles. The average Bonchev–Trinajstić information content (AvgIpc) is 2.49. The number of terminal acetylenes is 1. The van der Waals surface area contributed by atoms with E-state index in [1.165, 1.54) is 0 Å². The molecule has 0 aromatic rings. The number of aliphatic hydroxyl groups excluding tert-OH is 5. The summed E-state index contributed by atoms with van der Waals surface area (Å²) in [6.45, 7) is 2.58. The molecule has 0 radical (unpaired) electrons. The van der Waals surface area contributed by atoms with E-state index in [9.17, 15) is 20.4 Å². The van der Waals surface area contributed by atoms with Gasteiger partial charge in [-0.3, -0.25) is 4.90 Å². The molecule has 21 heavy (non-hydrogen) atoms. The molecule has 0 saturated carbocycles. The Kier molecular flexibility index (Phi) is 11.5. The minimum absolute atomic E-state index is 0.104. The summed E-state index contributed by atoms with van der Waals surface area (Å²) >= 11 is 0. The molecule has 4 atom stereocenters. The summed E-state index contributed by atoms with van der Waals surface area (Å²) in [6, 6.07) is 0. The molecule has 0 heterocycles. The number of aliphatic hydroxyl groups is 5. The van der Waals surface area contributed by atoms with Gasteiger partial charge in [0.1, 0.15) is 18.3 Å². The van der Waals surface area contributed by atoms with Gasteiger partial charge in [0.2, 0.25) is 0 Å². The number of rotatable bonds is 12. The summed E-state index contributed by atoms with van der Waals surface area (Å²) in [5.41, 5.74) is 0. The van der Waals surface area contributed by atoms with Gasteiger partial charge in [-0.1, -0.05) is 32.1 Å². The van der Waals surface area contributed by atoms with E-state index in [0.29, 0.717) is 13.1 Å². The Morgan fingerprint density at radius 3 is 2.14 bits per heavy atom. The molecule has 0 saturated heterocycles. The van der Waals surface area contributed by atoms with Gasteiger partial charge in [-0.2, -0.15) is 0 Å². The molecular weight excluding hydrogens is 274 g/mol. The van der Waals surface area contributed by atoms with Crippen LogP contribution in [0.3, 0.4) is 0 Å². The highest BCUT2D eigenvalue weighted by Gasteiger charge is 2.30. The van der Waals surface area contributed by atoms with Gasteiger partial charge in [0, 0.05) is 6.54 Å². The van der Waals surface area contributed by atoms with E-state index >= 15 is 0 Å². The molecule has 0 fully saturated rings. The highest BCUT2D eigenvalue weighted by molar-refractivity contribution is 4.90. The first-order chi connectivity index (χ1) is 9.97. The molecule has 6 nitrogen and oxygen atoms in total. The van der Waals surface area contributed by atoms with Crippen LogP contribution in [0.15, 0.2) is 0 Å². The van der Waals surface area contributed by atoms with Crippen LogP contribution in [0.4, 0.5) is 0 Å². The third kappa shape index (κ3) is 8.37. The monoisotopic (exact) mass is 303 g/mol. The largest absolute Gasteiger partial charge is 0.394 e. The predicted octanol–water partition coefficient (Wildman–Crippen LogP) is -1.06. The lowest BCUT2D eigenvalue weighted by atomic mass is 10.0. The molecule has 0 rings (SSSR count). The fourth-order valence-corrected chi connectivity index (χ4v) is 2.06. The molecule has 0 aliphatic carbocycles. The second-order valence-corrected chi connectivity index (χ2v) is 5.30. The van der Waals surface area contributed by atoms with Crippen molar-refractivity contribution in [3.8, 4) is 12.3 Å². The van der Waals surface area contributed by atoms with Crippen molar-refractivity contribution in [2.75, 3.05) is 26.2 Å². The van der Waals surface area contributed by atoms with Gasteiger partial charge < -0.3 is 25.5 Å². The average molecular weight is 303 g/mol. The van der Waals surface area contributed by atoms with Gasteiger partial charge in [-0.05, 0) is 13.0 Å². The lowest BCUT2D eigenvalue weighted by Gasteiger charge is -2.29. The smallest absolute Gasteiger partial charge is 0.111 e. The van der Waals surface area contributed by atoms with Crippen LogP contribution >= 0.6 is 0 Å². The predicted molar refractivity (Wildman–Crippen MR) is 80.5 cm³/mol. The van der Waals surface area contributed by atoms with Crippen LogP contribution in [-0.2, 0) is 0 Å². The Morgan fingerprint density at radius 1 is 1.00 bits per heavy atom. The fraction of sp³-hybridized carbons (Fsp3) is 0.867. The Morgan fingerprint density at radius 2 is 1.62 bits per heavy atom. The van der Waals surface area contributed by atoms with Crippen molar-refractivity contribution in [1.29, 1.82) is 0 Å². The topological polar surface area (TPSA) is 104 Å². The van der Waals surface area contributed by atoms with Crippen molar-refractivity contribution >= 4 is 0 Å². The Balaban J connectivity index is 4.31. The molecular formula is C15H29NO5. The minimum atomic E-state index is -1.60. The number of hydrogen-bond donors (Lipinski definition) is 5. The minimum Gasteiger partial charge on any atom is -0.394 e. The summed E-state index contributed by atoms with van der Waals surface area (Å²) in [5.74, 6) is 2.50.